The van der Waals surface area contributed by atoms with Crippen molar-refractivity contribution in [2.24, 2.45) is 0 Å². The van der Waals surface area contributed by atoms with Gasteiger partial charge in [-0.1, -0.05) is 6.07 Å². The lowest BCUT2D eigenvalue weighted by molar-refractivity contribution is -0.182. The van der Waals surface area contributed by atoms with Crippen molar-refractivity contribution in [2.75, 3.05) is 20.2 Å². The molecular formula is C19H25NO4. The number of nitrogens with zero attached hydrogens (tertiary/aromatic N) is 1. The molecule has 2 heterocycles. The van der Waals surface area contributed by atoms with Gasteiger partial charge in [0.15, 0.2) is 11.4 Å². The van der Waals surface area contributed by atoms with Gasteiger partial charge in [-0.15, -0.1) is 0 Å². The molecule has 0 aromatic heterocycles. The monoisotopic (exact) mass is 331 g/mol. The van der Waals surface area contributed by atoms with Crippen LogP contribution in [0.15, 0.2) is 11.8 Å². The molecule has 0 aliphatic carbocycles. The minimum Gasteiger partial charge on any atom is -0.507 e. The fraction of sp³-hybridized carbons (Fsp3) is 0.526. The van der Waals surface area contributed by atoms with E-state index in [1.807, 2.05) is 25.8 Å². The van der Waals surface area contributed by atoms with Gasteiger partial charge in [-0.3, -0.25) is 0 Å². The van der Waals surface area contributed by atoms with E-state index in [0.29, 0.717) is 31.5 Å². The van der Waals surface area contributed by atoms with Gasteiger partial charge in [0.05, 0.1) is 7.11 Å². The maximum absolute atomic E-state index is 12.6. The van der Waals surface area contributed by atoms with Crippen molar-refractivity contribution in [1.29, 1.82) is 0 Å². The second-order valence-electron chi connectivity index (χ2n) is 6.85. The molecule has 5 heteroatoms. The molecule has 5 nitrogen and oxygen atoms in total. The maximum Gasteiger partial charge on any atom is 0.343 e. The lowest BCUT2D eigenvalue weighted by atomic mass is 9.85. The Bertz CT molecular complexity index is 727. The third-order valence-corrected chi connectivity index (χ3v) is 5.56. The first-order valence-electron chi connectivity index (χ1n) is 8.34. The summed E-state index contributed by atoms with van der Waals surface area (Å²) in [6.07, 6.45) is 1.07. The zero-order chi connectivity index (χ0) is 17.6. The SMILES string of the molecule is CON1CCC2(CC1)OC(=O)C(c1c(C)cc(C)c(C)c1C)=C2O. The van der Waals surface area contributed by atoms with Crippen LogP contribution in [-0.4, -0.2) is 41.9 Å². The van der Waals surface area contributed by atoms with Crippen molar-refractivity contribution in [3.8, 4) is 0 Å². The number of ether oxygens (including phenoxy) is 1. The number of piperidine rings is 1. The van der Waals surface area contributed by atoms with Gasteiger partial charge in [0.1, 0.15) is 5.57 Å². The van der Waals surface area contributed by atoms with Crippen molar-refractivity contribution in [3.05, 3.63) is 39.6 Å². The van der Waals surface area contributed by atoms with Crippen molar-refractivity contribution in [3.63, 3.8) is 0 Å². The number of aryl methyl sites for hydroxylation is 2. The van der Waals surface area contributed by atoms with Crippen molar-refractivity contribution < 1.29 is 19.5 Å². The highest BCUT2D eigenvalue weighted by molar-refractivity contribution is 6.20. The summed E-state index contributed by atoms with van der Waals surface area (Å²) in [5.41, 5.74) is 4.57. The van der Waals surface area contributed by atoms with Crippen LogP contribution in [0.5, 0.6) is 0 Å². The third kappa shape index (κ3) is 2.43. The average molecular weight is 331 g/mol. The third-order valence-electron chi connectivity index (χ3n) is 5.56. The standard InChI is InChI=1S/C19H25NO4/c1-11-10-12(2)15(14(4)13(11)3)16-17(21)19(24-18(16)22)6-8-20(23-5)9-7-19/h10,21H,6-9H2,1-5H3. The first-order chi connectivity index (χ1) is 11.3. The van der Waals surface area contributed by atoms with E-state index in [1.165, 1.54) is 5.56 Å². The van der Waals surface area contributed by atoms with Crippen LogP contribution in [0, 0.1) is 27.7 Å². The van der Waals surface area contributed by atoms with E-state index in [1.54, 1.807) is 7.11 Å². The molecule has 0 atom stereocenters. The summed E-state index contributed by atoms with van der Waals surface area (Å²) in [4.78, 5) is 17.9. The molecule has 1 aromatic carbocycles. The Balaban J connectivity index is 2.09. The number of hydrogen-bond donors (Lipinski definition) is 1. The van der Waals surface area contributed by atoms with E-state index < -0.39 is 11.6 Å². The highest BCUT2D eigenvalue weighted by Crippen LogP contribution is 2.44. The quantitative estimate of drug-likeness (QED) is 0.844. The summed E-state index contributed by atoms with van der Waals surface area (Å²) >= 11 is 0. The van der Waals surface area contributed by atoms with Gasteiger partial charge in [-0.25, -0.2) is 4.79 Å². The van der Waals surface area contributed by atoms with E-state index in [2.05, 4.69) is 13.0 Å². The van der Waals surface area contributed by atoms with Crippen LogP contribution in [0.2, 0.25) is 0 Å². The smallest absolute Gasteiger partial charge is 0.343 e. The van der Waals surface area contributed by atoms with Crippen molar-refractivity contribution >= 4 is 11.5 Å². The lowest BCUT2D eigenvalue weighted by Gasteiger charge is -2.36. The zero-order valence-electron chi connectivity index (χ0n) is 15.0. The molecule has 1 saturated heterocycles. The van der Waals surface area contributed by atoms with E-state index in [-0.39, 0.29) is 5.76 Å². The number of carbonyl (C=O) groups excluding carboxylic acids is 1. The van der Waals surface area contributed by atoms with Crippen LogP contribution in [0.1, 0.15) is 40.7 Å². The van der Waals surface area contributed by atoms with Gasteiger partial charge in [0.25, 0.3) is 0 Å². The number of benzene rings is 1. The van der Waals surface area contributed by atoms with E-state index in [9.17, 15) is 9.90 Å². The first kappa shape index (κ1) is 17.0. The molecule has 0 unspecified atom stereocenters. The van der Waals surface area contributed by atoms with Gasteiger partial charge in [-0.05, 0) is 55.5 Å². The number of esters is 1. The fourth-order valence-corrected chi connectivity index (χ4v) is 3.86. The van der Waals surface area contributed by atoms with Crippen LogP contribution < -0.4 is 0 Å². The summed E-state index contributed by atoms with van der Waals surface area (Å²) in [7, 11) is 1.63. The van der Waals surface area contributed by atoms with Crippen LogP contribution in [0.4, 0.5) is 0 Å². The lowest BCUT2D eigenvalue weighted by Crippen LogP contribution is -2.45. The number of hydrogen-bond acceptors (Lipinski definition) is 5. The minimum atomic E-state index is -0.904. The van der Waals surface area contributed by atoms with Crippen LogP contribution in [-0.2, 0) is 14.4 Å². The average Bonchev–Trinajstić information content (AvgIpc) is 2.78. The Hall–Kier alpha value is -1.85. The number of carbonyl (C=O) groups is 1. The molecule has 24 heavy (non-hydrogen) atoms. The van der Waals surface area contributed by atoms with E-state index >= 15 is 0 Å². The number of rotatable bonds is 2. The normalized spacial score (nSPS) is 20.8. The van der Waals surface area contributed by atoms with E-state index in [4.69, 9.17) is 9.57 Å². The molecule has 1 fully saturated rings. The number of aliphatic hydroxyl groups is 1. The summed E-state index contributed by atoms with van der Waals surface area (Å²) in [6.45, 7) is 9.30. The fourth-order valence-electron chi connectivity index (χ4n) is 3.86. The molecule has 2 aliphatic heterocycles. The molecule has 1 aromatic rings. The largest absolute Gasteiger partial charge is 0.507 e. The Morgan fingerprint density at radius 3 is 2.33 bits per heavy atom. The molecule has 3 rings (SSSR count). The Morgan fingerprint density at radius 1 is 1.12 bits per heavy atom. The summed E-state index contributed by atoms with van der Waals surface area (Å²) in [6, 6.07) is 2.06. The second-order valence-corrected chi connectivity index (χ2v) is 6.85. The molecule has 1 N–H and O–H groups in total. The maximum atomic E-state index is 12.6. The Labute approximate surface area is 142 Å². The Morgan fingerprint density at radius 2 is 1.75 bits per heavy atom. The molecule has 0 radical (unpaired) electrons. The van der Waals surface area contributed by atoms with Crippen LogP contribution in [0.3, 0.4) is 0 Å². The predicted octanol–water partition coefficient (Wildman–Crippen LogP) is 3.14. The Kier molecular flexibility index (Phi) is 4.18. The minimum absolute atomic E-state index is 0.0812. The zero-order valence-corrected chi connectivity index (χ0v) is 15.0. The van der Waals surface area contributed by atoms with E-state index in [0.717, 1.165) is 22.3 Å². The molecule has 1 spiro atoms. The van der Waals surface area contributed by atoms with Gasteiger partial charge >= 0.3 is 5.97 Å². The van der Waals surface area contributed by atoms with Crippen LogP contribution in [0.25, 0.3) is 5.57 Å². The van der Waals surface area contributed by atoms with Gasteiger partial charge in [-0.2, -0.15) is 5.06 Å². The first-order valence-corrected chi connectivity index (χ1v) is 8.34. The van der Waals surface area contributed by atoms with Crippen molar-refractivity contribution in [1.82, 2.24) is 5.06 Å². The highest BCUT2D eigenvalue weighted by atomic mass is 16.7. The van der Waals surface area contributed by atoms with Gasteiger partial charge < -0.3 is 14.7 Å². The molecule has 2 aliphatic rings. The second kappa shape index (κ2) is 5.90. The topological polar surface area (TPSA) is 59.0 Å². The van der Waals surface area contributed by atoms with Crippen molar-refractivity contribution in [2.45, 2.75) is 46.1 Å². The van der Waals surface area contributed by atoms with Crippen LogP contribution >= 0.6 is 0 Å². The summed E-state index contributed by atoms with van der Waals surface area (Å²) in [5.74, 6) is -0.342. The highest BCUT2D eigenvalue weighted by Gasteiger charge is 2.50. The van der Waals surface area contributed by atoms with Gasteiger partial charge in [0, 0.05) is 25.9 Å². The summed E-state index contributed by atoms with van der Waals surface area (Å²) in [5, 5.41) is 12.7. The molecule has 130 valence electrons. The molecule has 0 bridgehead atoms. The summed E-state index contributed by atoms with van der Waals surface area (Å²) < 4.78 is 5.70. The number of aliphatic hydroxyl groups excluding tert-OH is 1. The van der Waals surface area contributed by atoms with Gasteiger partial charge in [0.2, 0.25) is 0 Å². The number of hydroxylamine groups is 2. The predicted molar refractivity (Wildman–Crippen MR) is 91.6 cm³/mol. The molecule has 0 amide bonds. The molecule has 0 saturated carbocycles. The molecular weight excluding hydrogens is 306 g/mol.